The van der Waals surface area contributed by atoms with Crippen LogP contribution in [0.3, 0.4) is 0 Å². The van der Waals surface area contributed by atoms with Crippen molar-refractivity contribution in [2.24, 2.45) is 11.7 Å². The second-order valence-corrected chi connectivity index (χ2v) is 4.42. The Balaban J connectivity index is 2.16. The molecule has 90 valence electrons. The summed E-state index contributed by atoms with van der Waals surface area (Å²) in [6, 6.07) is 3.50. The van der Waals surface area contributed by atoms with Gasteiger partial charge in [-0.2, -0.15) is 0 Å². The van der Waals surface area contributed by atoms with E-state index in [-0.39, 0.29) is 6.04 Å². The summed E-state index contributed by atoms with van der Waals surface area (Å²) in [5, 5.41) is 7.95. The third kappa shape index (κ3) is 2.88. The summed E-state index contributed by atoms with van der Waals surface area (Å²) in [6.45, 7) is 4.22. The van der Waals surface area contributed by atoms with E-state index in [1.54, 1.807) is 12.4 Å². The van der Waals surface area contributed by atoms with E-state index in [2.05, 4.69) is 29.0 Å². The van der Waals surface area contributed by atoms with Gasteiger partial charge in [0.15, 0.2) is 0 Å². The van der Waals surface area contributed by atoms with Crippen LogP contribution in [0.15, 0.2) is 28.9 Å². The molecule has 0 spiro atoms. The SMILES string of the molecule is CC(C)CC(N)c1nnc(-c2cccnc2)o1. The summed E-state index contributed by atoms with van der Waals surface area (Å²) in [5.41, 5.74) is 6.78. The number of rotatable bonds is 4. The summed E-state index contributed by atoms with van der Waals surface area (Å²) in [4.78, 5) is 4.00. The lowest BCUT2D eigenvalue weighted by atomic mass is 10.1. The van der Waals surface area contributed by atoms with Gasteiger partial charge in [0.1, 0.15) is 0 Å². The number of nitrogens with zero attached hydrogens (tertiary/aromatic N) is 3. The molecule has 0 aliphatic heterocycles. The van der Waals surface area contributed by atoms with Gasteiger partial charge in [-0.3, -0.25) is 4.98 Å². The molecule has 0 radical (unpaired) electrons. The van der Waals surface area contributed by atoms with Gasteiger partial charge in [-0.15, -0.1) is 10.2 Å². The highest BCUT2D eigenvalue weighted by atomic mass is 16.4. The zero-order chi connectivity index (χ0) is 12.3. The Morgan fingerprint density at radius 2 is 2.18 bits per heavy atom. The molecule has 0 saturated heterocycles. The minimum atomic E-state index is -0.201. The first-order chi connectivity index (χ1) is 8.16. The molecule has 1 unspecified atom stereocenters. The summed E-state index contributed by atoms with van der Waals surface area (Å²) in [5.74, 6) is 1.45. The molecule has 2 rings (SSSR count). The lowest BCUT2D eigenvalue weighted by molar-refractivity contribution is 0.408. The zero-order valence-electron chi connectivity index (χ0n) is 10.00. The maximum atomic E-state index is 5.98. The van der Waals surface area contributed by atoms with Crippen LogP contribution < -0.4 is 5.73 Å². The van der Waals surface area contributed by atoms with E-state index in [4.69, 9.17) is 10.2 Å². The van der Waals surface area contributed by atoms with E-state index in [0.29, 0.717) is 17.7 Å². The third-order valence-corrected chi connectivity index (χ3v) is 2.39. The van der Waals surface area contributed by atoms with Crippen LogP contribution in [0.2, 0.25) is 0 Å². The van der Waals surface area contributed by atoms with Gasteiger partial charge in [0, 0.05) is 12.4 Å². The smallest absolute Gasteiger partial charge is 0.249 e. The standard InChI is InChI=1S/C12H16N4O/c1-8(2)6-10(13)12-16-15-11(17-12)9-4-3-5-14-7-9/h3-5,7-8,10H,6,13H2,1-2H3. The van der Waals surface area contributed by atoms with Crippen LogP contribution in [0.1, 0.15) is 32.2 Å². The van der Waals surface area contributed by atoms with E-state index in [1.807, 2.05) is 12.1 Å². The highest BCUT2D eigenvalue weighted by Gasteiger charge is 2.16. The molecule has 0 bridgehead atoms. The van der Waals surface area contributed by atoms with Gasteiger partial charge in [0.2, 0.25) is 11.8 Å². The third-order valence-electron chi connectivity index (χ3n) is 2.39. The summed E-state index contributed by atoms with van der Waals surface area (Å²) < 4.78 is 5.55. The van der Waals surface area contributed by atoms with Gasteiger partial charge < -0.3 is 10.2 Å². The molecular formula is C12H16N4O. The van der Waals surface area contributed by atoms with Crippen LogP contribution in [-0.2, 0) is 0 Å². The largest absolute Gasteiger partial charge is 0.419 e. The maximum absolute atomic E-state index is 5.98. The molecule has 2 aromatic rings. The minimum Gasteiger partial charge on any atom is -0.419 e. The highest BCUT2D eigenvalue weighted by Crippen LogP contribution is 2.21. The predicted octanol–water partition coefficient (Wildman–Crippen LogP) is 2.18. The van der Waals surface area contributed by atoms with Crippen molar-refractivity contribution in [2.45, 2.75) is 26.3 Å². The Labute approximate surface area is 100 Å². The van der Waals surface area contributed by atoms with Crippen molar-refractivity contribution in [3.05, 3.63) is 30.4 Å². The molecule has 0 aliphatic carbocycles. The van der Waals surface area contributed by atoms with Crippen molar-refractivity contribution in [1.82, 2.24) is 15.2 Å². The Hall–Kier alpha value is -1.75. The first-order valence-corrected chi connectivity index (χ1v) is 5.66. The lowest BCUT2D eigenvalue weighted by Crippen LogP contribution is -2.13. The number of hydrogen-bond donors (Lipinski definition) is 1. The molecule has 2 aromatic heterocycles. The van der Waals surface area contributed by atoms with E-state index in [1.165, 1.54) is 0 Å². The van der Waals surface area contributed by atoms with E-state index in [9.17, 15) is 0 Å². The van der Waals surface area contributed by atoms with Crippen molar-refractivity contribution in [3.63, 3.8) is 0 Å². The van der Waals surface area contributed by atoms with Crippen molar-refractivity contribution in [3.8, 4) is 11.5 Å². The zero-order valence-corrected chi connectivity index (χ0v) is 10.00. The van der Waals surface area contributed by atoms with Gasteiger partial charge in [-0.25, -0.2) is 0 Å². The fraction of sp³-hybridized carbons (Fsp3) is 0.417. The molecule has 0 fully saturated rings. The topological polar surface area (TPSA) is 77.8 Å². The fourth-order valence-electron chi connectivity index (χ4n) is 1.60. The van der Waals surface area contributed by atoms with E-state index < -0.39 is 0 Å². The second-order valence-electron chi connectivity index (χ2n) is 4.42. The summed E-state index contributed by atoms with van der Waals surface area (Å²) >= 11 is 0. The molecule has 5 nitrogen and oxygen atoms in total. The summed E-state index contributed by atoms with van der Waals surface area (Å²) in [6.07, 6.45) is 4.21. The Kier molecular flexibility index (Phi) is 3.49. The molecular weight excluding hydrogens is 216 g/mol. The van der Waals surface area contributed by atoms with Crippen molar-refractivity contribution >= 4 is 0 Å². The van der Waals surface area contributed by atoms with Crippen LogP contribution >= 0.6 is 0 Å². The first kappa shape index (κ1) is 11.7. The van der Waals surface area contributed by atoms with Gasteiger partial charge in [-0.05, 0) is 24.5 Å². The van der Waals surface area contributed by atoms with Crippen LogP contribution in [0.5, 0.6) is 0 Å². The maximum Gasteiger partial charge on any atom is 0.249 e. The average Bonchev–Trinajstić information content (AvgIpc) is 2.78. The van der Waals surface area contributed by atoms with Crippen LogP contribution in [0.25, 0.3) is 11.5 Å². The summed E-state index contributed by atoms with van der Waals surface area (Å²) in [7, 11) is 0. The van der Waals surface area contributed by atoms with E-state index in [0.717, 1.165) is 12.0 Å². The molecule has 0 amide bonds. The molecule has 1 atom stereocenters. The number of hydrogen-bond acceptors (Lipinski definition) is 5. The quantitative estimate of drug-likeness (QED) is 0.874. The fourth-order valence-corrected chi connectivity index (χ4v) is 1.60. The highest BCUT2D eigenvalue weighted by molar-refractivity contribution is 5.49. The lowest BCUT2D eigenvalue weighted by Gasteiger charge is -2.08. The van der Waals surface area contributed by atoms with Crippen molar-refractivity contribution in [1.29, 1.82) is 0 Å². The van der Waals surface area contributed by atoms with Crippen LogP contribution in [-0.4, -0.2) is 15.2 Å². The van der Waals surface area contributed by atoms with Gasteiger partial charge in [0.05, 0.1) is 11.6 Å². The second kappa shape index (κ2) is 5.05. The molecule has 17 heavy (non-hydrogen) atoms. The molecule has 5 heteroatoms. The number of pyridine rings is 1. The van der Waals surface area contributed by atoms with E-state index >= 15 is 0 Å². The average molecular weight is 232 g/mol. The van der Waals surface area contributed by atoms with Crippen molar-refractivity contribution < 1.29 is 4.42 Å². The normalized spacial score (nSPS) is 12.9. The Morgan fingerprint density at radius 3 is 2.82 bits per heavy atom. The van der Waals surface area contributed by atoms with Gasteiger partial charge >= 0.3 is 0 Å². The molecule has 0 aliphatic rings. The van der Waals surface area contributed by atoms with Crippen molar-refractivity contribution in [2.75, 3.05) is 0 Å². The molecule has 2 N–H and O–H groups in total. The molecule has 2 heterocycles. The number of aromatic nitrogens is 3. The van der Waals surface area contributed by atoms with Crippen LogP contribution in [0.4, 0.5) is 0 Å². The number of nitrogens with two attached hydrogens (primary N) is 1. The van der Waals surface area contributed by atoms with Crippen LogP contribution in [0, 0.1) is 5.92 Å². The molecule has 0 saturated carbocycles. The van der Waals surface area contributed by atoms with Gasteiger partial charge in [0.25, 0.3) is 0 Å². The Bertz CT molecular complexity index is 466. The Morgan fingerprint density at radius 1 is 1.35 bits per heavy atom. The minimum absolute atomic E-state index is 0.201. The molecule has 0 aromatic carbocycles. The first-order valence-electron chi connectivity index (χ1n) is 5.66. The predicted molar refractivity (Wildman–Crippen MR) is 63.9 cm³/mol. The van der Waals surface area contributed by atoms with Gasteiger partial charge in [-0.1, -0.05) is 13.8 Å². The monoisotopic (exact) mass is 232 g/mol.